The highest BCUT2D eigenvalue weighted by molar-refractivity contribution is 7.13. The van der Waals surface area contributed by atoms with E-state index in [-0.39, 0.29) is 43.5 Å². The molecule has 0 spiro atoms. The molecular weight excluding hydrogens is 626 g/mol. The summed E-state index contributed by atoms with van der Waals surface area (Å²) < 4.78 is 28.4. The van der Waals surface area contributed by atoms with Crippen molar-refractivity contribution < 1.29 is 38.2 Å². The SMILES string of the molecule is Cc1ncsc1-c1ccc(CNC(=O)C2CC(O)CN2C(=O)C(c2cc(N3CCOCC3)no2)C(C)C)c(OCCC2OCCO2)c1. The number of ether oxygens (including phenoxy) is 4. The zero-order valence-corrected chi connectivity index (χ0v) is 27.9. The van der Waals surface area contributed by atoms with Crippen molar-refractivity contribution in [1.29, 1.82) is 0 Å². The van der Waals surface area contributed by atoms with Gasteiger partial charge >= 0.3 is 0 Å². The third-order valence-corrected chi connectivity index (χ3v) is 9.76. The van der Waals surface area contributed by atoms with Crippen molar-refractivity contribution in [2.45, 2.75) is 64.5 Å². The van der Waals surface area contributed by atoms with Crippen LogP contribution in [0.25, 0.3) is 10.4 Å². The number of morpholine rings is 1. The van der Waals surface area contributed by atoms with Crippen molar-refractivity contribution in [3.8, 4) is 16.2 Å². The summed E-state index contributed by atoms with van der Waals surface area (Å²) in [6, 6.07) is 6.86. The van der Waals surface area contributed by atoms with Gasteiger partial charge in [0.15, 0.2) is 17.9 Å². The Balaban J connectivity index is 1.15. The second kappa shape index (κ2) is 15.1. The number of aliphatic hydroxyl groups excluding tert-OH is 1. The number of aryl methyl sites for hydroxylation is 1. The summed E-state index contributed by atoms with van der Waals surface area (Å²) in [5.74, 6) is 0.336. The maximum atomic E-state index is 14.0. The number of carbonyl (C=O) groups is 2. The van der Waals surface area contributed by atoms with Crippen LogP contribution < -0.4 is 15.0 Å². The molecule has 3 saturated heterocycles. The zero-order chi connectivity index (χ0) is 32.9. The molecule has 3 unspecified atom stereocenters. The molecule has 3 fully saturated rings. The summed E-state index contributed by atoms with van der Waals surface area (Å²) in [5.41, 5.74) is 4.50. The van der Waals surface area contributed by atoms with Gasteiger partial charge in [-0.3, -0.25) is 9.59 Å². The molecular formula is C33H43N5O8S. The van der Waals surface area contributed by atoms with Crippen molar-refractivity contribution in [3.63, 3.8) is 0 Å². The molecule has 13 nitrogen and oxygen atoms in total. The molecule has 0 saturated carbocycles. The van der Waals surface area contributed by atoms with Crippen molar-refractivity contribution in [2.24, 2.45) is 5.92 Å². The molecule has 3 atom stereocenters. The van der Waals surface area contributed by atoms with E-state index in [4.69, 9.17) is 23.5 Å². The molecule has 6 rings (SSSR count). The van der Waals surface area contributed by atoms with E-state index in [1.807, 2.05) is 44.5 Å². The minimum Gasteiger partial charge on any atom is -0.493 e. The van der Waals surface area contributed by atoms with E-state index >= 15 is 0 Å². The minimum absolute atomic E-state index is 0.0627. The van der Waals surface area contributed by atoms with Crippen LogP contribution in [0.4, 0.5) is 5.82 Å². The fourth-order valence-electron chi connectivity index (χ4n) is 6.28. The lowest BCUT2D eigenvalue weighted by atomic mass is 9.91. The van der Waals surface area contributed by atoms with E-state index in [2.05, 4.69) is 20.4 Å². The third kappa shape index (κ3) is 7.78. The van der Waals surface area contributed by atoms with E-state index < -0.39 is 18.1 Å². The third-order valence-electron chi connectivity index (χ3n) is 8.78. The van der Waals surface area contributed by atoms with Gasteiger partial charge in [-0.05, 0) is 24.5 Å². The molecule has 1 aromatic carbocycles. The Morgan fingerprint density at radius 2 is 1.94 bits per heavy atom. The van der Waals surface area contributed by atoms with Gasteiger partial charge in [-0.2, -0.15) is 0 Å². The molecule has 5 heterocycles. The average Bonchev–Trinajstić information content (AvgIpc) is 3.89. The quantitative estimate of drug-likeness (QED) is 0.293. The minimum atomic E-state index is -0.833. The summed E-state index contributed by atoms with van der Waals surface area (Å²) in [6.45, 7) is 10.2. The molecule has 3 aliphatic heterocycles. The van der Waals surface area contributed by atoms with Crippen molar-refractivity contribution >= 4 is 29.0 Å². The van der Waals surface area contributed by atoms with Crippen LogP contribution in [-0.4, -0.2) is 103 Å². The summed E-state index contributed by atoms with van der Waals surface area (Å²) in [5, 5.41) is 17.9. The lowest BCUT2D eigenvalue weighted by Gasteiger charge is -2.29. The number of carbonyl (C=O) groups excluding carboxylic acids is 2. The number of β-amino-alcohol motifs (C(OH)–C–C–N with tert-alkyl or cyclic N) is 1. The van der Waals surface area contributed by atoms with Gasteiger partial charge in [0.2, 0.25) is 11.8 Å². The van der Waals surface area contributed by atoms with Gasteiger partial charge in [0.1, 0.15) is 17.7 Å². The van der Waals surface area contributed by atoms with Gasteiger partial charge < -0.3 is 43.7 Å². The highest BCUT2D eigenvalue weighted by atomic mass is 32.1. The van der Waals surface area contributed by atoms with Gasteiger partial charge in [0.25, 0.3) is 0 Å². The van der Waals surface area contributed by atoms with E-state index in [0.717, 1.165) is 21.7 Å². The number of likely N-dealkylation sites (tertiary alicyclic amines) is 1. The van der Waals surface area contributed by atoms with E-state index in [0.29, 0.717) is 69.9 Å². The Hall–Kier alpha value is -3.56. The zero-order valence-electron chi connectivity index (χ0n) is 27.1. The predicted octanol–water partition coefficient (Wildman–Crippen LogP) is 3.10. The number of benzene rings is 1. The summed E-state index contributed by atoms with van der Waals surface area (Å²) in [6.07, 6.45) is -0.392. The molecule has 0 radical (unpaired) electrons. The number of aliphatic hydroxyl groups is 1. The van der Waals surface area contributed by atoms with Crippen LogP contribution in [-0.2, 0) is 30.3 Å². The summed E-state index contributed by atoms with van der Waals surface area (Å²) in [7, 11) is 0. The number of anilines is 1. The molecule has 254 valence electrons. The Kier molecular flexibility index (Phi) is 10.7. The molecule has 0 aliphatic carbocycles. The Bertz CT molecular complexity index is 1520. The molecule has 2 aromatic heterocycles. The molecule has 14 heteroatoms. The number of hydrogen-bond acceptors (Lipinski definition) is 12. The maximum absolute atomic E-state index is 14.0. The van der Waals surface area contributed by atoms with Crippen LogP contribution >= 0.6 is 11.3 Å². The highest BCUT2D eigenvalue weighted by Gasteiger charge is 2.43. The fraction of sp³-hybridized carbons (Fsp3) is 0.576. The van der Waals surface area contributed by atoms with Gasteiger partial charge in [-0.15, -0.1) is 11.3 Å². The first-order valence-corrected chi connectivity index (χ1v) is 17.1. The van der Waals surface area contributed by atoms with Crippen molar-refractivity contribution in [1.82, 2.24) is 20.4 Å². The van der Waals surface area contributed by atoms with Crippen LogP contribution in [0.2, 0.25) is 0 Å². The first-order valence-electron chi connectivity index (χ1n) is 16.2. The number of aromatic nitrogens is 2. The van der Waals surface area contributed by atoms with E-state index in [9.17, 15) is 14.7 Å². The Morgan fingerprint density at radius 3 is 2.66 bits per heavy atom. The van der Waals surface area contributed by atoms with Gasteiger partial charge in [0.05, 0.1) is 55.2 Å². The van der Waals surface area contributed by atoms with Gasteiger partial charge in [-0.1, -0.05) is 31.1 Å². The molecule has 3 aliphatic rings. The van der Waals surface area contributed by atoms with Crippen LogP contribution in [0, 0.1) is 12.8 Å². The normalized spacial score (nSPS) is 21.0. The van der Waals surface area contributed by atoms with E-state index in [1.54, 1.807) is 17.4 Å². The maximum Gasteiger partial charge on any atom is 0.243 e. The molecule has 47 heavy (non-hydrogen) atoms. The molecule has 2 N–H and O–H groups in total. The van der Waals surface area contributed by atoms with Crippen molar-refractivity contribution in [2.75, 3.05) is 57.6 Å². The van der Waals surface area contributed by atoms with Gasteiger partial charge in [-0.25, -0.2) is 4.98 Å². The fourth-order valence-corrected chi connectivity index (χ4v) is 7.08. The highest BCUT2D eigenvalue weighted by Crippen LogP contribution is 2.34. The van der Waals surface area contributed by atoms with Crippen LogP contribution in [0.15, 0.2) is 34.3 Å². The number of rotatable bonds is 12. The first kappa shape index (κ1) is 33.3. The summed E-state index contributed by atoms with van der Waals surface area (Å²) in [4.78, 5) is 36.7. The molecule has 3 aromatic rings. The molecule has 2 amide bonds. The number of thiazole rings is 1. The standard InChI is InChI=1S/C33H43N5O8S/c1-20(2)30(27-16-28(36-46-27)37-7-10-42-11-8-37)33(41)38-18-24(39)15-25(38)32(40)34-17-23-5-4-22(31-21(3)35-19-47-31)14-26(23)43-9-6-29-44-12-13-45-29/h4-5,14,16,19-20,24-25,29-30,39H,6-13,15,17-18H2,1-3H3,(H,34,40). The van der Waals surface area contributed by atoms with E-state index in [1.165, 1.54) is 4.90 Å². The number of nitrogens with zero attached hydrogens (tertiary/aromatic N) is 4. The van der Waals surface area contributed by atoms with Crippen LogP contribution in [0.5, 0.6) is 5.75 Å². The lowest BCUT2D eigenvalue weighted by Crippen LogP contribution is -2.48. The van der Waals surface area contributed by atoms with Gasteiger partial charge in [0, 0.05) is 50.7 Å². The average molecular weight is 670 g/mol. The topological polar surface area (TPSA) is 149 Å². The lowest BCUT2D eigenvalue weighted by molar-refractivity contribution is -0.141. The monoisotopic (exact) mass is 669 g/mol. The number of nitrogens with one attached hydrogen (secondary N) is 1. The second-order valence-electron chi connectivity index (χ2n) is 12.4. The smallest absolute Gasteiger partial charge is 0.243 e. The first-order chi connectivity index (χ1) is 22.8. The van der Waals surface area contributed by atoms with Crippen molar-refractivity contribution in [3.05, 3.63) is 46.8 Å². The largest absolute Gasteiger partial charge is 0.493 e. The number of hydrogen-bond donors (Lipinski definition) is 2. The van der Waals surface area contributed by atoms with Crippen LogP contribution in [0.1, 0.15) is 49.6 Å². The Morgan fingerprint density at radius 1 is 1.15 bits per heavy atom. The summed E-state index contributed by atoms with van der Waals surface area (Å²) >= 11 is 1.56. The molecule has 0 bridgehead atoms. The predicted molar refractivity (Wildman–Crippen MR) is 173 cm³/mol. The number of amides is 2. The second-order valence-corrected chi connectivity index (χ2v) is 13.3. The Labute approximate surface area is 278 Å². The van der Waals surface area contributed by atoms with Crippen LogP contribution in [0.3, 0.4) is 0 Å².